The van der Waals surface area contributed by atoms with Crippen molar-refractivity contribution in [3.63, 3.8) is 0 Å². The second kappa shape index (κ2) is 3.81. The maximum atomic E-state index is 5.76. The van der Waals surface area contributed by atoms with E-state index >= 15 is 0 Å². The molecule has 0 amide bonds. The molecule has 1 aromatic carbocycles. The third-order valence-corrected chi connectivity index (χ3v) is 3.06. The van der Waals surface area contributed by atoms with Gasteiger partial charge in [0.2, 0.25) is 4.47 Å². The van der Waals surface area contributed by atoms with E-state index in [0.29, 0.717) is 10.3 Å². The van der Waals surface area contributed by atoms with E-state index in [1.807, 2.05) is 30.3 Å². The van der Waals surface area contributed by atoms with Crippen molar-refractivity contribution in [3.05, 3.63) is 41.0 Å². The van der Waals surface area contributed by atoms with Crippen LogP contribution in [0.3, 0.4) is 0 Å². The fourth-order valence-corrected chi connectivity index (χ4v) is 2.16. The second-order valence-electron chi connectivity index (χ2n) is 3.28. The Kier molecular flexibility index (Phi) is 2.31. The molecule has 2 heterocycles. The van der Waals surface area contributed by atoms with Crippen molar-refractivity contribution < 1.29 is 0 Å². The van der Waals surface area contributed by atoms with Gasteiger partial charge in [0.1, 0.15) is 0 Å². The molecular formula is C11H6ClN3S. The van der Waals surface area contributed by atoms with Gasteiger partial charge in [-0.1, -0.05) is 6.07 Å². The maximum absolute atomic E-state index is 5.76. The Hall–Kier alpha value is -1.52. The molecule has 0 atom stereocenters. The van der Waals surface area contributed by atoms with Crippen LogP contribution in [0.5, 0.6) is 0 Å². The first-order chi connectivity index (χ1) is 7.83. The van der Waals surface area contributed by atoms with E-state index in [-0.39, 0.29) is 0 Å². The molecule has 0 bridgehead atoms. The van der Waals surface area contributed by atoms with E-state index in [1.165, 1.54) is 11.5 Å². The molecule has 78 valence electrons. The number of benzene rings is 1. The first-order valence-electron chi connectivity index (χ1n) is 4.67. The van der Waals surface area contributed by atoms with Gasteiger partial charge in [-0.2, -0.15) is 4.37 Å². The highest BCUT2D eigenvalue weighted by atomic mass is 35.5. The SMILES string of the molecule is Clc1nc(-c2ccc3ncccc3c2)ns1. The van der Waals surface area contributed by atoms with Gasteiger partial charge in [0, 0.05) is 17.1 Å². The molecule has 0 saturated heterocycles. The lowest BCUT2D eigenvalue weighted by molar-refractivity contribution is 1.32. The molecule has 3 nitrogen and oxygen atoms in total. The monoisotopic (exact) mass is 247 g/mol. The van der Waals surface area contributed by atoms with Crippen molar-refractivity contribution >= 4 is 34.0 Å². The molecule has 0 aliphatic heterocycles. The summed E-state index contributed by atoms with van der Waals surface area (Å²) in [5, 5.41) is 1.07. The minimum absolute atomic E-state index is 0.460. The Labute approximate surface area is 101 Å². The normalized spacial score (nSPS) is 10.8. The van der Waals surface area contributed by atoms with Crippen molar-refractivity contribution in [2.24, 2.45) is 0 Å². The summed E-state index contributed by atoms with van der Waals surface area (Å²) < 4.78 is 4.63. The summed E-state index contributed by atoms with van der Waals surface area (Å²) in [6.07, 6.45) is 1.78. The van der Waals surface area contributed by atoms with E-state index in [0.717, 1.165) is 16.5 Å². The Balaban J connectivity index is 2.18. The first kappa shape index (κ1) is 9.69. The summed E-state index contributed by atoms with van der Waals surface area (Å²) in [4.78, 5) is 8.40. The molecule has 5 heteroatoms. The lowest BCUT2D eigenvalue weighted by atomic mass is 10.1. The molecule has 0 aliphatic carbocycles. The molecule has 0 N–H and O–H groups in total. The van der Waals surface area contributed by atoms with Gasteiger partial charge < -0.3 is 0 Å². The zero-order valence-corrected chi connectivity index (χ0v) is 9.66. The lowest BCUT2D eigenvalue weighted by Gasteiger charge is -1.98. The van der Waals surface area contributed by atoms with Gasteiger partial charge in [-0.05, 0) is 47.4 Å². The van der Waals surface area contributed by atoms with Crippen molar-refractivity contribution in [1.82, 2.24) is 14.3 Å². The van der Waals surface area contributed by atoms with Crippen LogP contribution in [-0.4, -0.2) is 14.3 Å². The number of halogens is 1. The zero-order valence-electron chi connectivity index (χ0n) is 8.09. The smallest absolute Gasteiger partial charge is 0.203 e. The number of hydrogen-bond donors (Lipinski definition) is 0. The van der Waals surface area contributed by atoms with Gasteiger partial charge in [0.15, 0.2) is 5.82 Å². The fourth-order valence-electron chi connectivity index (χ4n) is 1.54. The molecule has 0 fully saturated rings. The number of aromatic nitrogens is 3. The molecule has 2 aromatic heterocycles. The van der Waals surface area contributed by atoms with E-state index in [4.69, 9.17) is 11.6 Å². The van der Waals surface area contributed by atoms with Crippen LogP contribution >= 0.6 is 23.1 Å². The molecule has 0 unspecified atom stereocenters. The minimum atomic E-state index is 0.460. The highest BCUT2D eigenvalue weighted by Gasteiger charge is 2.05. The molecule has 3 rings (SSSR count). The van der Waals surface area contributed by atoms with Crippen LogP contribution < -0.4 is 0 Å². The molecular weight excluding hydrogens is 242 g/mol. The van der Waals surface area contributed by atoms with Gasteiger partial charge in [-0.3, -0.25) is 4.98 Å². The molecule has 3 aromatic rings. The summed E-state index contributed by atoms with van der Waals surface area (Å²) in [6, 6.07) is 9.85. The second-order valence-corrected chi connectivity index (χ2v) is 4.62. The van der Waals surface area contributed by atoms with E-state index < -0.39 is 0 Å². The van der Waals surface area contributed by atoms with Crippen LogP contribution in [0.2, 0.25) is 4.47 Å². The number of fused-ring (bicyclic) bond motifs is 1. The molecule has 0 radical (unpaired) electrons. The van der Waals surface area contributed by atoms with Crippen molar-refractivity contribution in [2.45, 2.75) is 0 Å². The van der Waals surface area contributed by atoms with Gasteiger partial charge in [0.05, 0.1) is 5.52 Å². The molecule has 0 aliphatic rings. The van der Waals surface area contributed by atoms with E-state index in [2.05, 4.69) is 14.3 Å². The summed E-state index contributed by atoms with van der Waals surface area (Å²) >= 11 is 6.95. The number of pyridine rings is 1. The number of rotatable bonds is 1. The number of nitrogens with zero attached hydrogens (tertiary/aromatic N) is 3. The third-order valence-electron chi connectivity index (χ3n) is 2.26. The predicted molar refractivity (Wildman–Crippen MR) is 65.7 cm³/mol. The van der Waals surface area contributed by atoms with Crippen LogP contribution in [-0.2, 0) is 0 Å². The van der Waals surface area contributed by atoms with Crippen LogP contribution in [0, 0.1) is 0 Å². The van der Waals surface area contributed by atoms with Crippen LogP contribution in [0.15, 0.2) is 36.5 Å². The quantitative estimate of drug-likeness (QED) is 0.662. The fraction of sp³-hybridized carbons (Fsp3) is 0. The third kappa shape index (κ3) is 1.66. The molecule has 0 spiro atoms. The summed E-state index contributed by atoms with van der Waals surface area (Å²) in [6.45, 7) is 0. The van der Waals surface area contributed by atoms with Crippen LogP contribution in [0.1, 0.15) is 0 Å². The highest BCUT2D eigenvalue weighted by Crippen LogP contribution is 2.23. The van der Waals surface area contributed by atoms with Gasteiger partial charge in [-0.15, -0.1) is 0 Å². The summed E-state index contributed by atoms with van der Waals surface area (Å²) in [5.74, 6) is 0.667. The zero-order chi connectivity index (χ0) is 11.0. The van der Waals surface area contributed by atoms with E-state index in [9.17, 15) is 0 Å². The Bertz CT molecular complexity index is 650. The maximum Gasteiger partial charge on any atom is 0.203 e. The van der Waals surface area contributed by atoms with Gasteiger partial charge in [0.25, 0.3) is 0 Å². The topological polar surface area (TPSA) is 38.7 Å². The predicted octanol–water partition coefficient (Wildman–Crippen LogP) is 3.41. The largest absolute Gasteiger partial charge is 0.256 e. The average Bonchev–Trinajstić information content (AvgIpc) is 2.75. The average molecular weight is 248 g/mol. The lowest BCUT2D eigenvalue weighted by Crippen LogP contribution is -1.82. The summed E-state index contributed by atoms with van der Waals surface area (Å²) in [5.41, 5.74) is 1.93. The molecule has 0 saturated carbocycles. The number of hydrogen-bond acceptors (Lipinski definition) is 4. The van der Waals surface area contributed by atoms with Crippen molar-refractivity contribution in [2.75, 3.05) is 0 Å². The Morgan fingerprint density at radius 2 is 2.12 bits per heavy atom. The highest BCUT2D eigenvalue weighted by molar-refractivity contribution is 7.10. The summed E-state index contributed by atoms with van der Waals surface area (Å²) in [7, 11) is 0. The van der Waals surface area contributed by atoms with Gasteiger partial charge in [-0.25, -0.2) is 4.98 Å². The van der Waals surface area contributed by atoms with Crippen molar-refractivity contribution in [3.8, 4) is 11.4 Å². The minimum Gasteiger partial charge on any atom is -0.256 e. The standard InChI is InChI=1S/C11H6ClN3S/c12-11-14-10(15-16-11)8-3-4-9-7(6-8)2-1-5-13-9/h1-6H. The van der Waals surface area contributed by atoms with Crippen molar-refractivity contribution in [1.29, 1.82) is 0 Å². The van der Waals surface area contributed by atoms with Gasteiger partial charge >= 0.3 is 0 Å². The van der Waals surface area contributed by atoms with Crippen LogP contribution in [0.25, 0.3) is 22.3 Å². The first-order valence-corrected chi connectivity index (χ1v) is 5.82. The van der Waals surface area contributed by atoms with E-state index in [1.54, 1.807) is 6.20 Å². The Morgan fingerprint density at radius 3 is 2.94 bits per heavy atom. The van der Waals surface area contributed by atoms with Crippen LogP contribution in [0.4, 0.5) is 0 Å². The molecule has 16 heavy (non-hydrogen) atoms. The Morgan fingerprint density at radius 1 is 1.19 bits per heavy atom.